The van der Waals surface area contributed by atoms with E-state index in [1.165, 1.54) is 0 Å². The molecule has 0 radical (unpaired) electrons. The van der Waals surface area contributed by atoms with Crippen molar-refractivity contribution in [2.45, 2.75) is 63.9 Å². The Kier molecular flexibility index (Phi) is 4.88. The standard InChI is InChI=1S/C21H30N2O2Si/c1-21(2,3)26(4,5)25-17-11-10-16(13-17)23-14-15(12-20(22)24)18-8-6-7-9-19(18)23/h6-11,14,16-17H,12-13H2,1-5H3,(H2,22,24)/t16?,17-/m1/s1. The van der Waals surface area contributed by atoms with Crippen molar-refractivity contribution in [2.24, 2.45) is 5.73 Å². The lowest BCUT2D eigenvalue weighted by molar-refractivity contribution is -0.117. The highest BCUT2D eigenvalue weighted by Crippen LogP contribution is 2.40. The van der Waals surface area contributed by atoms with Crippen LogP contribution in [-0.4, -0.2) is 24.9 Å². The van der Waals surface area contributed by atoms with Gasteiger partial charge in [0.1, 0.15) is 0 Å². The molecule has 0 spiro atoms. The van der Waals surface area contributed by atoms with E-state index in [1.54, 1.807) is 0 Å². The fourth-order valence-corrected chi connectivity index (χ4v) is 4.66. The van der Waals surface area contributed by atoms with E-state index in [4.69, 9.17) is 10.2 Å². The van der Waals surface area contributed by atoms with E-state index in [1.807, 2.05) is 12.1 Å². The number of fused-ring (bicyclic) bond motifs is 1. The summed E-state index contributed by atoms with van der Waals surface area (Å²) in [6, 6.07) is 8.46. The van der Waals surface area contributed by atoms with E-state index >= 15 is 0 Å². The Balaban J connectivity index is 1.84. The number of rotatable bonds is 5. The predicted octanol–water partition coefficient (Wildman–Crippen LogP) is 4.56. The molecule has 2 aromatic rings. The van der Waals surface area contributed by atoms with Gasteiger partial charge in [0.2, 0.25) is 5.91 Å². The first-order valence-electron chi connectivity index (χ1n) is 9.31. The van der Waals surface area contributed by atoms with Gasteiger partial charge in [-0.25, -0.2) is 0 Å². The van der Waals surface area contributed by atoms with Crippen LogP contribution in [0.3, 0.4) is 0 Å². The van der Waals surface area contributed by atoms with Gasteiger partial charge >= 0.3 is 0 Å². The highest BCUT2D eigenvalue weighted by atomic mass is 28.4. The topological polar surface area (TPSA) is 57.2 Å². The number of carbonyl (C=O) groups excluding carboxylic acids is 1. The summed E-state index contributed by atoms with van der Waals surface area (Å²) in [6.45, 7) is 11.4. The number of para-hydroxylation sites is 1. The molecule has 0 fully saturated rings. The van der Waals surface area contributed by atoms with Gasteiger partial charge in [0.15, 0.2) is 8.32 Å². The van der Waals surface area contributed by atoms with Crippen LogP contribution in [0.25, 0.3) is 10.9 Å². The molecule has 5 heteroatoms. The molecule has 1 aliphatic carbocycles. The highest BCUT2D eigenvalue weighted by Gasteiger charge is 2.40. The van der Waals surface area contributed by atoms with Crippen LogP contribution in [0.4, 0.5) is 0 Å². The van der Waals surface area contributed by atoms with Crippen molar-refractivity contribution >= 4 is 25.1 Å². The minimum atomic E-state index is -1.79. The molecule has 2 N–H and O–H groups in total. The third-order valence-corrected chi connectivity index (χ3v) is 10.3. The average Bonchev–Trinajstić information content (AvgIpc) is 3.10. The van der Waals surface area contributed by atoms with Crippen molar-refractivity contribution < 1.29 is 9.22 Å². The molecule has 1 aliphatic rings. The number of hydrogen-bond donors (Lipinski definition) is 1. The lowest BCUT2D eigenvalue weighted by atomic mass is 10.1. The third kappa shape index (κ3) is 3.64. The average molecular weight is 371 g/mol. The maximum absolute atomic E-state index is 11.4. The summed E-state index contributed by atoms with van der Waals surface area (Å²) in [5.41, 5.74) is 7.57. The first-order chi connectivity index (χ1) is 12.1. The molecule has 26 heavy (non-hydrogen) atoms. The van der Waals surface area contributed by atoms with Crippen molar-refractivity contribution in [1.82, 2.24) is 4.57 Å². The molecular formula is C21H30N2O2Si. The van der Waals surface area contributed by atoms with E-state index in [-0.39, 0.29) is 29.5 Å². The second-order valence-electron chi connectivity index (χ2n) is 8.83. The fraction of sp³-hybridized carbons (Fsp3) is 0.476. The van der Waals surface area contributed by atoms with Gasteiger partial charge in [-0.3, -0.25) is 4.79 Å². The van der Waals surface area contributed by atoms with Gasteiger partial charge < -0.3 is 14.7 Å². The van der Waals surface area contributed by atoms with E-state index < -0.39 is 8.32 Å². The first-order valence-corrected chi connectivity index (χ1v) is 12.2. The number of nitrogens with zero attached hydrogens (tertiary/aromatic N) is 1. The normalized spacial score (nSPS) is 20.8. The van der Waals surface area contributed by atoms with Crippen LogP contribution in [-0.2, 0) is 15.6 Å². The zero-order valence-corrected chi connectivity index (χ0v) is 17.5. The quantitative estimate of drug-likeness (QED) is 0.619. The fourth-order valence-electron chi connectivity index (χ4n) is 3.38. The second kappa shape index (κ2) is 6.71. The maximum atomic E-state index is 11.4. The SMILES string of the molecule is CC(C)(C)[Si](C)(C)O[C@@H]1C=CC(n2cc(CC(N)=O)c3ccccc32)C1. The molecule has 3 rings (SSSR count). The van der Waals surface area contributed by atoms with Gasteiger partial charge in [-0.05, 0) is 29.8 Å². The molecule has 140 valence electrons. The van der Waals surface area contributed by atoms with Crippen LogP contribution in [0.5, 0.6) is 0 Å². The minimum Gasteiger partial charge on any atom is -0.410 e. The molecule has 1 heterocycles. The highest BCUT2D eigenvalue weighted by molar-refractivity contribution is 6.74. The molecule has 1 aromatic carbocycles. The van der Waals surface area contributed by atoms with Gasteiger partial charge in [0.05, 0.1) is 18.6 Å². The number of hydrogen-bond acceptors (Lipinski definition) is 2. The van der Waals surface area contributed by atoms with Gasteiger partial charge in [-0.1, -0.05) is 51.1 Å². The van der Waals surface area contributed by atoms with Crippen LogP contribution >= 0.6 is 0 Å². The van der Waals surface area contributed by atoms with Gasteiger partial charge in [0.25, 0.3) is 0 Å². The zero-order chi connectivity index (χ0) is 19.1. The number of aromatic nitrogens is 1. The molecule has 4 nitrogen and oxygen atoms in total. The summed E-state index contributed by atoms with van der Waals surface area (Å²) < 4.78 is 8.83. The number of nitrogens with two attached hydrogens (primary N) is 1. The third-order valence-electron chi connectivity index (χ3n) is 5.82. The van der Waals surface area contributed by atoms with Gasteiger partial charge in [0, 0.05) is 23.5 Å². The Labute approximate surface area is 157 Å². The summed E-state index contributed by atoms with van der Waals surface area (Å²) in [4.78, 5) is 11.4. The molecular weight excluding hydrogens is 340 g/mol. The summed E-state index contributed by atoms with van der Waals surface area (Å²) in [5, 5.41) is 1.31. The Bertz CT molecular complexity index is 845. The number of allylic oxidation sites excluding steroid dienone is 1. The number of primary amides is 1. The van der Waals surface area contributed by atoms with E-state index in [0.717, 1.165) is 22.9 Å². The summed E-state index contributed by atoms with van der Waals surface area (Å²) in [5.74, 6) is -0.297. The molecule has 0 bridgehead atoms. The lowest BCUT2D eigenvalue weighted by Gasteiger charge is -2.38. The smallest absolute Gasteiger partial charge is 0.221 e. The van der Waals surface area contributed by atoms with Gasteiger partial charge in [-0.2, -0.15) is 0 Å². The monoisotopic (exact) mass is 370 g/mol. The second-order valence-corrected chi connectivity index (χ2v) is 13.6. The number of carbonyl (C=O) groups is 1. The molecule has 2 atom stereocenters. The molecule has 0 aliphatic heterocycles. The Morgan fingerprint density at radius 2 is 1.96 bits per heavy atom. The molecule has 0 saturated heterocycles. The number of benzene rings is 1. The van der Waals surface area contributed by atoms with Crippen LogP contribution in [0.15, 0.2) is 42.6 Å². The maximum Gasteiger partial charge on any atom is 0.221 e. The predicted molar refractivity (Wildman–Crippen MR) is 110 cm³/mol. The zero-order valence-electron chi connectivity index (χ0n) is 16.5. The lowest BCUT2D eigenvalue weighted by Crippen LogP contribution is -2.43. The van der Waals surface area contributed by atoms with Crippen LogP contribution in [0.2, 0.25) is 18.1 Å². The van der Waals surface area contributed by atoms with Crippen molar-refractivity contribution in [1.29, 1.82) is 0 Å². The largest absolute Gasteiger partial charge is 0.410 e. The number of amides is 1. The van der Waals surface area contributed by atoms with E-state index in [9.17, 15) is 4.79 Å². The van der Waals surface area contributed by atoms with Gasteiger partial charge in [-0.15, -0.1) is 0 Å². The molecule has 1 unspecified atom stereocenters. The van der Waals surface area contributed by atoms with Crippen LogP contribution < -0.4 is 5.73 Å². The van der Waals surface area contributed by atoms with Crippen molar-refractivity contribution in [3.05, 3.63) is 48.2 Å². The van der Waals surface area contributed by atoms with Crippen molar-refractivity contribution in [3.8, 4) is 0 Å². The van der Waals surface area contributed by atoms with Crippen LogP contribution in [0.1, 0.15) is 38.8 Å². The van der Waals surface area contributed by atoms with E-state index in [0.29, 0.717) is 0 Å². The molecule has 1 aromatic heterocycles. The summed E-state index contributed by atoms with van der Waals surface area (Å²) in [6.07, 6.45) is 7.88. The Morgan fingerprint density at radius 1 is 1.27 bits per heavy atom. The van der Waals surface area contributed by atoms with Crippen molar-refractivity contribution in [2.75, 3.05) is 0 Å². The summed E-state index contributed by atoms with van der Waals surface area (Å²) >= 11 is 0. The van der Waals surface area contributed by atoms with Crippen LogP contribution in [0, 0.1) is 0 Å². The minimum absolute atomic E-state index is 0.154. The molecule has 0 saturated carbocycles. The van der Waals surface area contributed by atoms with Crippen molar-refractivity contribution in [3.63, 3.8) is 0 Å². The van der Waals surface area contributed by atoms with E-state index in [2.05, 4.69) is 68.9 Å². The molecule has 1 amide bonds. The summed E-state index contributed by atoms with van der Waals surface area (Å²) in [7, 11) is -1.79. The first kappa shape index (κ1) is 18.9. The Hall–Kier alpha value is -1.85. The Morgan fingerprint density at radius 3 is 2.62 bits per heavy atom.